The molecule has 1 aliphatic heterocycles. The summed E-state index contributed by atoms with van der Waals surface area (Å²) in [6, 6.07) is 16.8. The van der Waals surface area contributed by atoms with Crippen LogP contribution in [0.2, 0.25) is 0 Å². The summed E-state index contributed by atoms with van der Waals surface area (Å²) in [5.41, 5.74) is 2.77. The summed E-state index contributed by atoms with van der Waals surface area (Å²) >= 11 is 0. The Morgan fingerprint density at radius 2 is 1.79 bits per heavy atom. The molecule has 0 unspecified atom stereocenters. The van der Waals surface area contributed by atoms with Gasteiger partial charge in [-0.25, -0.2) is 0 Å². The Hall–Kier alpha value is -2.91. The minimum absolute atomic E-state index is 0.174. The standard InChI is InChI=1S/C18H18N4O2/c19-13-15-5-7-16(8-6-15)14-20-9-11-21(12-10-20)17-3-1-2-4-18(17)22(23)24/h1-8H,9-12,14H2/p+1. The Balaban J connectivity index is 1.62. The van der Waals surface area contributed by atoms with Crippen molar-refractivity contribution in [1.29, 1.82) is 5.26 Å². The molecule has 0 bridgehead atoms. The fourth-order valence-corrected chi connectivity index (χ4v) is 3.11. The normalized spacial score (nSPS) is 15.0. The van der Waals surface area contributed by atoms with E-state index in [1.807, 2.05) is 36.4 Å². The molecule has 24 heavy (non-hydrogen) atoms. The molecular weight excluding hydrogens is 304 g/mol. The van der Waals surface area contributed by atoms with Crippen molar-refractivity contribution in [3.63, 3.8) is 0 Å². The number of nitrogens with one attached hydrogen (secondary N) is 1. The number of nitro groups is 1. The van der Waals surface area contributed by atoms with Crippen molar-refractivity contribution in [3.8, 4) is 6.07 Å². The molecule has 0 radical (unpaired) electrons. The molecule has 1 saturated heterocycles. The number of hydrogen-bond donors (Lipinski definition) is 1. The Bertz CT molecular complexity index is 759. The maximum absolute atomic E-state index is 11.2. The van der Waals surface area contributed by atoms with Gasteiger partial charge >= 0.3 is 0 Å². The second-order valence-corrected chi connectivity index (χ2v) is 5.97. The zero-order chi connectivity index (χ0) is 16.9. The fraction of sp³-hybridized carbons (Fsp3) is 0.278. The lowest BCUT2D eigenvalue weighted by atomic mass is 10.1. The summed E-state index contributed by atoms with van der Waals surface area (Å²) in [5, 5.41) is 20.0. The topological polar surface area (TPSA) is 74.6 Å². The van der Waals surface area contributed by atoms with Crippen molar-refractivity contribution in [2.24, 2.45) is 0 Å². The van der Waals surface area contributed by atoms with Gasteiger partial charge in [-0.1, -0.05) is 24.3 Å². The number of piperazine rings is 1. The molecule has 1 heterocycles. The molecule has 0 saturated carbocycles. The van der Waals surface area contributed by atoms with Crippen LogP contribution in [0.4, 0.5) is 11.4 Å². The molecule has 3 rings (SSSR count). The first-order valence-corrected chi connectivity index (χ1v) is 7.98. The van der Waals surface area contributed by atoms with Gasteiger partial charge in [-0.15, -0.1) is 0 Å². The Labute approximate surface area is 140 Å². The van der Waals surface area contributed by atoms with Gasteiger partial charge in [0, 0.05) is 11.6 Å². The number of benzene rings is 2. The van der Waals surface area contributed by atoms with Crippen molar-refractivity contribution >= 4 is 11.4 Å². The van der Waals surface area contributed by atoms with E-state index in [1.54, 1.807) is 12.1 Å². The van der Waals surface area contributed by atoms with Crippen LogP contribution in [0.15, 0.2) is 48.5 Å². The number of rotatable bonds is 4. The zero-order valence-electron chi connectivity index (χ0n) is 13.3. The van der Waals surface area contributed by atoms with E-state index < -0.39 is 0 Å². The first kappa shape index (κ1) is 16.0. The molecule has 6 heteroatoms. The van der Waals surface area contributed by atoms with Gasteiger partial charge in [0.05, 0.1) is 42.7 Å². The van der Waals surface area contributed by atoms with E-state index in [0.717, 1.165) is 32.7 Å². The lowest BCUT2D eigenvalue weighted by Gasteiger charge is -2.33. The van der Waals surface area contributed by atoms with E-state index in [1.165, 1.54) is 10.5 Å². The maximum atomic E-state index is 11.2. The summed E-state index contributed by atoms with van der Waals surface area (Å²) in [6.45, 7) is 4.39. The SMILES string of the molecule is N#Cc1ccc(C[NH+]2CCN(c3ccccc3[N+](=O)[O-])CC2)cc1. The van der Waals surface area contributed by atoms with Crippen molar-refractivity contribution in [3.05, 3.63) is 69.8 Å². The molecular formula is C18H19N4O2+. The van der Waals surface area contributed by atoms with Crippen LogP contribution in [0, 0.1) is 21.4 Å². The highest BCUT2D eigenvalue weighted by molar-refractivity contribution is 5.63. The van der Waals surface area contributed by atoms with Crippen molar-refractivity contribution < 1.29 is 9.82 Å². The van der Waals surface area contributed by atoms with Crippen LogP contribution in [0.25, 0.3) is 0 Å². The van der Waals surface area contributed by atoms with Gasteiger partial charge < -0.3 is 9.80 Å². The van der Waals surface area contributed by atoms with Gasteiger partial charge in [-0.05, 0) is 18.2 Å². The number of nitriles is 1. The average Bonchev–Trinajstić information content (AvgIpc) is 2.63. The Morgan fingerprint density at radius 3 is 2.42 bits per heavy atom. The van der Waals surface area contributed by atoms with E-state index in [2.05, 4.69) is 11.0 Å². The van der Waals surface area contributed by atoms with Crippen LogP contribution >= 0.6 is 0 Å². The number of anilines is 1. The second kappa shape index (κ2) is 7.11. The molecule has 1 aliphatic rings. The number of nitrogens with zero attached hydrogens (tertiary/aromatic N) is 3. The molecule has 0 amide bonds. The summed E-state index contributed by atoms with van der Waals surface area (Å²) in [4.78, 5) is 14.4. The molecule has 0 aliphatic carbocycles. The highest BCUT2D eigenvalue weighted by Crippen LogP contribution is 2.27. The van der Waals surface area contributed by atoms with Crippen LogP contribution in [-0.2, 0) is 6.54 Å². The van der Waals surface area contributed by atoms with Gasteiger partial charge in [0.1, 0.15) is 12.2 Å². The first-order chi connectivity index (χ1) is 11.7. The van der Waals surface area contributed by atoms with Crippen molar-refractivity contribution in [1.82, 2.24) is 0 Å². The summed E-state index contributed by atoms with van der Waals surface area (Å²) in [6.07, 6.45) is 0. The third-order valence-corrected chi connectivity index (χ3v) is 4.43. The van der Waals surface area contributed by atoms with Crippen molar-refractivity contribution in [2.45, 2.75) is 6.54 Å². The molecule has 0 aromatic heterocycles. The largest absolute Gasteiger partial charge is 0.355 e. The molecule has 1 fully saturated rings. The van der Waals surface area contributed by atoms with Crippen molar-refractivity contribution in [2.75, 3.05) is 31.1 Å². The van der Waals surface area contributed by atoms with Gasteiger partial charge in [-0.3, -0.25) is 10.1 Å². The number of hydrogen-bond acceptors (Lipinski definition) is 4. The van der Waals surface area contributed by atoms with Crippen LogP contribution in [-0.4, -0.2) is 31.1 Å². The minimum atomic E-state index is -0.314. The van der Waals surface area contributed by atoms with Crippen LogP contribution in [0.1, 0.15) is 11.1 Å². The van der Waals surface area contributed by atoms with Gasteiger partial charge in [-0.2, -0.15) is 5.26 Å². The zero-order valence-corrected chi connectivity index (χ0v) is 13.3. The Kier molecular flexibility index (Phi) is 4.73. The summed E-state index contributed by atoms with van der Waals surface area (Å²) < 4.78 is 0. The van der Waals surface area contributed by atoms with Gasteiger partial charge in [0.2, 0.25) is 0 Å². The lowest BCUT2D eigenvalue weighted by Crippen LogP contribution is -3.13. The van der Waals surface area contributed by atoms with E-state index in [-0.39, 0.29) is 10.6 Å². The fourth-order valence-electron chi connectivity index (χ4n) is 3.11. The second-order valence-electron chi connectivity index (χ2n) is 5.97. The molecule has 1 N–H and O–H groups in total. The van der Waals surface area contributed by atoms with Crippen LogP contribution in [0.3, 0.4) is 0 Å². The third-order valence-electron chi connectivity index (χ3n) is 4.43. The van der Waals surface area contributed by atoms with E-state index >= 15 is 0 Å². The molecule has 2 aromatic carbocycles. The van der Waals surface area contributed by atoms with Gasteiger partial charge in [0.25, 0.3) is 5.69 Å². The molecule has 6 nitrogen and oxygen atoms in total. The van der Waals surface area contributed by atoms with E-state index in [0.29, 0.717) is 11.3 Å². The maximum Gasteiger partial charge on any atom is 0.292 e. The van der Waals surface area contributed by atoms with Crippen LogP contribution < -0.4 is 9.80 Å². The Morgan fingerprint density at radius 1 is 1.12 bits per heavy atom. The molecule has 122 valence electrons. The van der Waals surface area contributed by atoms with Gasteiger partial charge in [0.15, 0.2) is 0 Å². The average molecular weight is 323 g/mol. The first-order valence-electron chi connectivity index (χ1n) is 7.98. The molecule has 0 spiro atoms. The number of nitro benzene ring substituents is 1. The van der Waals surface area contributed by atoms with E-state index in [4.69, 9.17) is 5.26 Å². The summed E-state index contributed by atoms with van der Waals surface area (Å²) in [7, 11) is 0. The van der Waals surface area contributed by atoms with Crippen LogP contribution in [0.5, 0.6) is 0 Å². The lowest BCUT2D eigenvalue weighted by molar-refractivity contribution is -0.914. The predicted octanol–water partition coefficient (Wildman–Crippen LogP) is 1.37. The highest BCUT2D eigenvalue weighted by Gasteiger charge is 2.25. The van der Waals surface area contributed by atoms with E-state index in [9.17, 15) is 10.1 Å². The third kappa shape index (κ3) is 3.53. The molecule has 2 aromatic rings. The molecule has 0 atom stereocenters. The number of quaternary nitrogens is 1. The number of para-hydroxylation sites is 2. The highest BCUT2D eigenvalue weighted by atomic mass is 16.6. The predicted molar refractivity (Wildman–Crippen MR) is 90.9 cm³/mol. The quantitative estimate of drug-likeness (QED) is 0.681. The smallest absolute Gasteiger partial charge is 0.292 e. The minimum Gasteiger partial charge on any atom is -0.355 e. The summed E-state index contributed by atoms with van der Waals surface area (Å²) in [5.74, 6) is 0. The monoisotopic (exact) mass is 323 g/mol.